The molecule has 2 amide bonds. The van der Waals surface area contributed by atoms with Crippen molar-refractivity contribution in [1.82, 2.24) is 15.1 Å². The number of hydrogen-bond acceptors (Lipinski definition) is 5. The van der Waals surface area contributed by atoms with E-state index in [2.05, 4.69) is 15.5 Å². The number of nitrogens with zero attached hydrogens (tertiary/aromatic N) is 3. The van der Waals surface area contributed by atoms with Crippen molar-refractivity contribution in [2.75, 3.05) is 18.4 Å². The summed E-state index contributed by atoms with van der Waals surface area (Å²) in [6, 6.07) is 0. The van der Waals surface area contributed by atoms with Crippen LogP contribution in [0.3, 0.4) is 0 Å². The van der Waals surface area contributed by atoms with Crippen LogP contribution in [0.2, 0.25) is 0 Å². The highest BCUT2D eigenvalue weighted by atomic mass is 32.1. The van der Waals surface area contributed by atoms with E-state index in [1.807, 2.05) is 6.92 Å². The van der Waals surface area contributed by atoms with Gasteiger partial charge >= 0.3 is 0 Å². The molecule has 0 atom stereocenters. The number of aromatic nitrogens is 2. The second-order valence-electron chi connectivity index (χ2n) is 3.74. The summed E-state index contributed by atoms with van der Waals surface area (Å²) in [4.78, 5) is 24.2. The first-order valence-corrected chi connectivity index (χ1v) is 5.74. The summed E-state index contributed by atoms with van der Waals surface area (Å²) in [6.07, 6.45) is 0. The van der Waals surface area contributed by atoms with Crippen LogP contribution in [-0.4, -0.2) is 40.0 Å². The fourth-order valence-electron chi connectivity index (χ4n) is 1.46. The number of hydrogen-bond donors (Lipinski definition) is 1. The number of carbonyl (C=O) groups excluding carboxylic acids is 2. The molecule has 2 heterocycles. The van der Waals surface area contributed by atoms with E-state index in [4.69, 9.17) is 0 Å². The lowest BCUT2D eigenvalue weighted by Gasteiger charge is -2.37. The maximum Gasteiger partial charge on any atom is 0.232 e. The molecule has 86 valence electrons. The Hall–Kier alpha value is -1.50. The maximum atomic E-state index is 11.7. The van der Waals surface area contributed by atoms with E-state index in [9.17, 15) is 9.59 Å². The Morgan fingerprint density at radius 2 is 2.12 bits per heavy atom. The molecular formula is C9H12N4O2S. The van der Waals surface area contributed by atoms with E-state index >= 15 is 0 Å². The molecule has 0 spiro atoms. The third kappa shape index (κ3) is 2.19. The van der Waals surface area contributed by atoms with Gasteiger partial charge in [0.15, 0.2) is 0 Å². The van der Waals surface area contributed by atoms with Crippen LogP contribution in [0.4, 0.5) is 5.13 Å². The molecule has 0 aliphatic carbocycles. The Balaban J connectivity index is 1.84. The van der Waals surface area contributed by atoms with E-state index in [0.29, 0.717) is 18.2 Å². The summed E-state index contributed by atoms with van der Waals surface area (Å²) >= 11 is 1.34. The fourth-order valence-corrected chi connectivity index (χ4v) is 2.05. The van der Waals surface area contributed by atoms with Crippen LogP contribution >= 0.6 is 11.3 Å². The van der Waals surface area contributed by atoms with Gasteiger partial charge in [-0.3, -0.25) is 9.59 Å². The van der Waals surface area contributed by atoms with E-state index < -0.39 is 0 Å². The molecular weight excluding hydrogens is 228 g/mol. The summed E-state index contributed by atoms with van der Waals surface area (Å²) < 4.78 is 0. The fraction of sp³-hybridized carbons (Fsp3) is 0.556. The standard InChI is InChI=1S/C9H12N4O2S/c1-5-11-12-9(16-5)10-8(15)7-3-13(4-7)6(2)14/h7H,3-4H2,1-2H3,(H,10,12,15). The zero-order chi connectivity index (χ0) is 11.7. The van der Waals surface area contributed by atoms with Crippen molar-refractivity contribution in [3.8, 4) is 0 Å². The quantitative estimate of drug-likeness (QED) is 0.804. The van der Waals surface area contributed by atoms with Gasteiger partial charge in [0.2, 0.25) is 16.9 Å². The van der Waals surface area contributed by atoms with Crippen molar-refractivity contribution in [3.05, 3.63) is 5.01 Å². The Kier molecular flexibility index (Phi) is 2.86. The van der Waals surface area contributed by atoms with Gasteiger partial charge in [0.05, 0.1) is 5.92 Å². The number of rotatable bonds is 2. The van der Waals surface area contributed by atoms with Crippen LogP contribution < -0.4 is 5.32 Å². The number of nitrogens with one attached hydrogen (secondary N) is 1. The lowest BCUT2D eigenvalue weighted by Crippen LogP contribution is -2.53. The largest absolute Gasteiger partial charge is 0.341 e. The number of carbonyl (C=O) groups is 2. The molecule has 1 aromatic heterocycles. The average molecular weight is 240 g/mol. The summed E-state index contributed by atoms with van der Waals surface area (Å²) in [5.74, 6) is -0.197. The van der Waals surface area contributed by atoms with Crippen LogP contribution in [0.15, 0.2) is 0 Å². The Labute approximate surface area is 96.7 Å². The predicted molar refractivity (Wildman–Crippen MR) is 59.0 cm³/mol. The van der Waals surface area contributed by atoms with E-state index in [1.54, 1.807) is 4.90 Å². The average Bonchev–Trinajstić information content (AvgIpc) is 2.47. The highest BCUT2D eigenvalue weighted by Gasteiger charge is 2.34. The van der Waals surface area contributed by atoms with Gasteiger partial charge in [-0.2, -0.15) is 0 Å². The third-order valence-electron chi connectivity index (χ3n) is 2.45. The monoisotopic (exact) mass is 240 g/mol. The topological polar surface area (TPSA) is 75.2 Å². The van der Waals surface area contributed by atoms with Crippen LogP contribution in [0.1, 0.15) is 11.9 Å². The number of amides is 2. The van der Waals surface area contributed by atoms with E-state index in [-0.39, 0.29) is 17.7 Å². The second-order valence-corrected chi connectivity index (χ2v) is 4.92. The maximum absolute atomic E-state index is 11.7. The molecule has 0 bridgehead atoms. The summed E-state index contributed by atoms with van der Waals surface area (Å²) in [5.41, 5.74) is 0. The van der Waals surface area contributed by atoms with Crippen LogP contribution in [0.5, 0.6) is 0 Å². The first kappa shape index (κ1) is 11.0. The van der Waals surface area contributed by atoms with Crippen molar-refractivity contribution < 1.29 is 9.59 Å². The minimum Gasteiger partial charge on any atom is -0.341 e. The molecule has 1 aliphatic heterocycles. The highest BCUT2D eigenvalue weighted by Crippen LogP contribution is 2.19. The number of likely N-dealkylation sites (tertiary alicyclic amines) is 1. The van der Waals surface area contributed by atoms with Gasteiger partial charge in [-0.1, -0.05) is 11.3 Å². The van der Waals surface area contributed by atoms with Gasteiger partial charge in [-0.15, -0.1) is 10.2 Å². The molecule has 0 aromatic carbocycles. The zero-order valence-electron chi connectivity index (χ0n) is 9.06. The predicted octanol–water partition coefficient (Wildman–Crippen LogP) is 0.263. The highest BCUT2D eigenvalue weighted by molar-refractivity contribution is 7.15. The summed E-state index contributed by atoms with van der Waals surface area (Å²) in [5, 5.41) is 11.6. The van der Waals surface area contributed by atoms with Crippen molar-refractivity contribution in [3.63, 3.8) is 0 Å². The van der Waals surface area contributed by atoms with Gasteiger partial charge in [-0.25, -0.2) is 0 Å². The van der Waals surface area contributed by atoms with Gasteiger partial charge in [0.25, 0.3) is 0 Å². The summed E-state index contributed by atoms with van der Waals surface area (Å²) in [6.45, 7) is 4.33. The Morgan fingerprint density at radius 3 is 2.62 bits per heavy atom. The van der Waals surface area contributed by atoms with Crippen molar-refractivity contribution in [1.29, 1.82) is 0 Å². The Bertz CT molecular complexity index is 425. The molecule has 1 fully saturated rings. The third-order valence-corrected chi connectivity index (χ3v) is 3.21. The van der Waals surface area contributed by atoms with Crippen molar-refractivity contribution in [2.45, 2.75) is 13.8 Å². The first-order valence-electron chi connectivity index (χ1n) is 4.92. The van der Waals surface area contributed by atoms with Crippen molar-refractivity contribution in [2.24, 2.45) is 5.92 Å². The van der Waals surface area contributed by atoms with Crippen LogP contribution in [0, 0.1) is 12.8 Å². The lowest BCUT2D eigenvalue weighted by molar-refractivity contribution is -0.139. The normalized spacial score (nSPS) is 15.8. The molecule has 16 heavy (non-hydrogen) atoms. The van der Waals surface area contributed by atoms with Gasteiger partial charge in [-0.05, 0) is 6.92 Å². The molecule has 0 saturated carbocycles. The number of aryl methyl sites for hydroxylation is 1. The van der Waals surface area contributed by atoms with Gasteiger partial charge in [0, 0.05) is 20.0 Å². The van der Waals surface area contributed by atoms with E-state index in [0.717, 1.165) is 5.01 Å². The molecule has 1 N–H and O–H groups in total. The molecule has 6 nitrogen and oxygen atoms in total. The van der Waals surface area contributed by atoms with Crippen LogP contribution in [-0.2, 0) is 9.59 Å². The lowest BCUT2D eigenvalue weighted by atomic mass is 9.99. The molecule has 0 radical (unpaired) electrons. The van der Waals surface area contributed by atoms with E-state index in [1.165, 1.54) is 18.3 Å². The minimum atomic E-state index is -0.117. The van der Waals surface area contributed by atoms with Crippen molar-refractivity contribution >= 4 is 28.3 Å². The zero-order valence-corrected chi connectivity index (χ0v) is 9.87. The smallest absolute Gasteiger partial charge is 0.232 e. The molecule has 7 heteroatoms. The first-order chi connectivity index (χ1) is 7.56. The summed E-state index contributed by atoms with van der Waals surface area (Å²) in [7, 11) is 0. The molecule has 1 saturated heterocycles. The second kappa shape index (κ2) is 4.17. The Morgan fingerprint density at radius 1 is 1.44 bits per heavy atom. The number of anilines is 1. The minimum absolute atomic E-state index is 0.0100. The van der Waals surface area contributed by atoms with Gasteiger partial charge in [0.1, 0.15) is 5.01 Å². The molecule has 2 rings (SSSR count). The molecule has 1 aromatic rings. The SMILES string of the molecule is CC(=O)N1CC(C(=O)Nc2nnc(C)s2)C1. The molecule has 0 unspecified atom stereocenters. The molecule has 1 aliphatic rings. The van der Waals surface area contributed by atoms with Gasteiger partial charge < -0.3 is 10.2 Å². The van der Waals surface area contributed by atoms with Crippen LogP contribution in [0.25, 0.3) is 0 Å².